The molecule has 0 aliphatic rings. The van der Waals surface area contributed by atoms with E-state index in [1.807, 2.05) is 6.07 Å². The fourth-order valence-corrected chi connectivity index (χ4v) is 1.74. The Bertz CT molecular complexity index is 330. The number of nitrogens with one attached hydrogen (secondary N) is 1. The number of anilines is 1. The van der Waals surface area contributed by atoms with Crippen molar-refractivity contribution in [2.45, 2.75) is 0 Å². The van der Waals surface area contributed by atoms with Gasteiger partial charge in [0.25, 0.3) is 0 Å². The van der Waals surface area contributed by atoms with Gasteiger partial charge in [0.1, 0.15) is 5.88 Å². The normalized spacial score (nSPS) is 9.77. The molecule has 0 radical (unpaired) electrons. The number of rotatable bonds is 2. The average molecular weight is 330 g/mol. The van der Waals surface area contributed by atoms with Gasteiger partial charge in [0, 0.05) is 3.57 Å². The predicted molar refractivity (Wildman–Crippen MR) is 63.5 cm³/mol. The van der Waals surface area contributed by atoms with Crippen LogP contribution in [0.3, 0.4) is 0 Å². The van der Waals surface area contributed by atoms with Crippen molar-refractivity contribution >= 4 is 57.4 Å². The highest BCUT2D eigenvalue weighted by molar-refractivity contribution is 14.1. The van der Waals surface area contributed by atoms with Crippen LogP contribution in [0.15, 0.2) is 18.2 Å². The van der Waals surface area contributed by atoms with Gasteiger partial charge in [-0.05, 0) is 40.8 Å². The summed E-state index contributed by atoms with van der Waals surface area (Å²) in [5, 5.41) is 3.10. The molecule has 0 aliphatic heterocycles. The monoisotopic (exact) mass is 329 g/mol. The SMILES string of the molecule is O=C(CCl)Nc1ccc(I)cc1Cl. The lowest BCUT2D eigenvalue weighted by atomic mass is 10.3. The zero-order valence-electron chi connectivity index (χ0n) is 6.48. The van der Waals surface area contributed by atoms with Gasteiger partial charge in [-0.15, -0.1) is 11.6 Å². The molecular formula is C8H6Cl2INO. The van der Waals surface area contributed by atoms with Crippen LogP contribution in [0.4, 0.5) is 5.69 Å². The van der Waals surface area contributed by atoms with Crippen molar-refractivity contribution in [3.05, 3.63) is 26.8 Å². The van der Waals surface area contributed by atoms with Crippen LogP contribution in [0.5, 0.6) is 0 Å². The summed E-state index contributed by atoms with van der Waals surface area (Å²) in [5.41, 5.74) is 0.590. The smallest absolute Gasteiger partial charge is 0.239 e. The van der Waals surface area contributed by atoms with Gasteiger partial charge in [-0.25, -0.2) is 0 Å². The summed E-state index contributed by atoms with van der Waals surface area (Å²) in [6, 6.07) is 5.37. The van der Waals surface area contributed by atoms with Gasteiger partial charge in [-0.2, -0.15) is 0 Å². The van der Waals surface area contributed by atoms with E-state index in [0.717, 1.165) is 3.57 Å². The molecule has 2 nitrogen and oxygen atoms in total. The number of hydrogen-bond donors (Lipinski definition) is 1. The minimum absolute atomic E-state index is 0.0671. The topological polar surface area (TPSA) is 29.1 Å². The Morgan fingerprint density at radius 3 is 2.77 bits per heavy atom. The molecule has 1 aromatic carbocycles. The molecule has 0 aliphatic carbocycles. The molecule has 5 heteroatoms. The maximum Gasteiger partial charge on any atom is 0.239 e. The fourth-order valence-electron chi connectivity index (χ4n) is 0.774. The molecule has 0 aromatic heterocycles. The van der Waals surface area contributed by atoms with Crippen LogP contribution in [0.1, 0.15) is 0 Å². The molecule has 0 fully saturated rings. The molecule has 70 valence electrons. The largest absolute Gasteiger partial charge is 0.324 e. The number of benzene rings is 1. The van der Waals surface area contributed by atoms with Gasteiger partial charge in [0.05, 0.1) is 10.7 Å². The van der Waals surface area contributed by atoms with Crippen LogP contribution in [-0.2, 0) is 4.79 Å². The maximum absolute atomic E-state index is 10.9. The lowest BCUT2D eigenvalue weighted by Crippen LogP contribution is -2.12. The molecule has 0 unspecified atom stereocenters. The zero-order valence-corrected chi connectivity index (χ0v) is 10.2. The van der Waals surface area contributed by atoms with Crippen LogP contribution < -0.4 is 5.32 Å². The molecule has 0 spiro atoms. The Balaban J connectivity index is 2.83. The molecule has 13 heavy (non-hydrogen) atoms. The van der Waals surface area contributed by atoms with Crippen molar-refractivity contribution in [2.75, 3.05) is 11.2 Å². The molecule has 1 rings (SSSR count). The Kier molecular flexibility index (Phi) is 4.28. The third-order valence-corrected chi connectivity index (χ3v) is 2.55. The van der Waals surface area contributed by atoms with E-state index in [2.05, 4.69) is 27.9 Å². The standard InChI is InChI=1S/C8H6Cl2INO/c9-4-8(13)12-7-2-1-5(11)3-6(7)10/h1-3H,4H2,(H,12,13). The number of carbonyl (C=O) groups is 1. The number of carbonyl (C=O) groups excluding carboxylic acids is 1. The van der Waals surface area contributed by atoms with Crippen molar-refractivity contribution in [1.29, 1.82) is 0 Å². The van der Waals surface area contributed by atoms with E-state index < -0.39 is 0 Å². The van der Waals surface area contributed by atoms with Crippen LogP contribution in [0.2, 0.25) is 5.02 Å². The first kappa shape index (κ1) is 11.1. The van der Waals surface area contributed by atoms with E-state index in [9.17, 15) is 4.79 Å². The highest BCUT2D eigenvalue weighted by atomic mass is 127. The second-order valence-corrected chi connectivity index (χ2v) is 4.23. The Labute approximate surface area is 99.7 Å². The van der Waals surface area contributed by atoms with Crippen molar-refractivity contribution in [3.8, 4) is 0 Å². The summed E-state index contributed by atoms with van der Waals surface area (Å²) in [7, 11) is 0. The first-order valence-electron chi connectivity index (χ1n) is 3.44. The van der Waals surface area contributed by atoms with Gasteiger partial charge in [-0.1, -0.05) is 11.6 Å². The van der Waals surface area contributed by atoms with Gasteiger partial charge in [0.15, 0.2) is 0 Å². The summed E-state index contributed by atoms with van der Waals surface area (Å²) in [6.45, 7) is 0. The van der Waals surface area contributed by atoms with Crippen LogP contribution >= 0.6 is 45.8 Å². The van der Waals surface area contributed by atoms with Crippen molar-refractivity contribution in [2.24, 2.45) is 0 Å². The summed E-state index contributed by atoms with van der Waals surface area (Å²) >= 11 is 13.3. The molecule has 1 aromatic rings. The van der Waals surface area contributed by atoms with Gasteiger partial charge >= 0.3 is 0 Å². The molecule has 1 amide bonds. The number of alkyl halides is 1. The van der Waals surface area contributed by atoms with Gasteiger partial charge in [-0.3, -0.25) is 4.79 Å². The minimum Gasteiger partial charge on any atom is -0.324 e. The lowest BCUT2D eigenvalue weighted by Gasteiger charge is -2.05. The first-order chi connectivity index (χ1) is 6.13. The van der Waals surface area contributed by atoms with E-state index in [1.54, 1.807) is 12.1 Å². The molecule has 0 heterocycles. The predicted octanol–water partition coefficient (Wildman–Crippen LogP) is 3.12. The third-order valence-electron chi connectivity index (χ3n) is 1.33. The average Bonchev–Trinajstić information content (AvgIpc) is 2.09. The van der Waals surface area contributed by atoms with Crippen molar-refractivity contribution < 1.29 is 4.79 Å². The summed E-state index contributed by atoms with van der Waals surface area (Å²) in [6.07, 6.45) is 0. The van der Waals surface area contributed by atoms with E-state index in [-0.39, 0.29) is 11.8 Å². The van der Waals surface area contributed by atoms with E-state index in [0.29, 0.717) is 10.7 Å². The van der Waals surface area contributed by atoms with E-state index in [4.69, 9.17) is 23.2 Å². The van der Waals surface area contributed by atoms with E-state index in [1.165, 1.54) is 0 Å². The Hall–Kier alpha value is -0.0000000000000000555. The number of halogens is 3. The fraction of sp³-hybridized carbons (Fsp3) is 0.125. The molecule has 1 N–H and O–H groups in total. The number of amides is 1. The molecular weight excluding hydrogens is 324 g/mol. The van der Waals surface area contributed by atoms with Crippen LogP contribution in [0.25, 0.3) is 0 Å². The molecule has 0 bridgehead atoms. The molecule has 0 atom stereocenters. The van der Waals surface area contributed by atoms with Crippen LogP contribution in [-0.4, -0.2) is 11.8 Å². The Morgan fingerprint density at radius 2 is 2.23 bits per heavy atom. The summed E-state index contributed by atoms with van der Waals surface area (Å²) in [4.78, 5) is 10.9. The minimum atomic E-state index is -0.259. The quantitative estimate of drug-likeness (QED) is 0.655. The third kappa shape index (κ3) is 3.32. The molecule has 0 saturated heterocycles. The molecule has 0 saturated carbocycles. The van der Waals surface area contributed by atoms with Gasteiger partial charge < -0.3 is 5.32 Å². The zero-order chi connectivity index (χ0) is 9.84. The first-order valence-corrected chi connectivity index (χ1v) is 5.43. The lowest BCUT2D eigenvalue weighted by molar-refractivity contribution is -0.113. The van der Waals surface area contributed by atoms with Crippen molar-refractivity contribution in [1.82, 2.24) is 0 Å². The highest BCUT2D eigenvalue weighted by Crippen LogP contribution is 2.23. The summed E-state index contributed by atoms with van der Waals surface area (Å²) in [5.74, 6) is -0.327. The van der Waals surface area contributed by atoms with E-state index >= 15 is 0 Å². The summed E-state index contributed by atoms with van der Waals surface area (Å²) < 4.78 is 1.02. The highest BCUT2D eigenvalue weighted by Gasteiger charge is 2.04. The Morgan fingerprint density at radius 1 is 1.54 bits per heavy atom. The second-order valence-electron chi connectivity index (χ2n) is 2.31. The maximum atomic E-state index is 10.9. The second kappa shape index (κ2) is 5.02. The van der Waals surface area contributed by atoms with Crippen molar-refractivity contribution in [3.63, 3.8) is 0 Å². The number of hydrogen-bond acceptors (Lipinski definition) is 1. The van der Waals surface area contributed by atoms with Gasteiger partial charge in [0.2, 0.25) is 5.91 Å². The van der Waals surface area contributed by atoms with Crippen LogP contribution in [0, 0.1) is 3.57 Å².